The van der Waals surface area contributed by atoms with E-state index in [2.05, 4.69) is 63.7 Å². The highest BCUT2D eigenvalue weighted by Crippen LogP contribution is 2.41. The Morgan fingerprint density at radius 2 is 1.81 bits per heavy atom. The van der Waals surface area contributed by atoms with Gasteiger partial charge in [-0.3, -0.25) is 14.7 Å². The Bertz CT molecular complexity index is 1120. The van der Waals surface area contributed by atoms with Crippen molar-refractivity contribution in [3.8, 4) is 5.75 Å². The number of amides is 1. The van der Waals surface area contributed by atoms with Gasteiger partial charge in [0.2, 0.25) is 5.91 Å². The van der Waals surface area contributed by atoms with Gasteiger partial charge in [-0.05, 0) is 73.2 Å². The van der Waals surface area contributed by atoms with Crippen LogP contribution in [0.15, 0.2) is 79.1 Å². The lowest BCUT2D eigenvalue weighted by Crippen LogP contribution is -2.37. The Balaban J connectivity index is 1.08. The molecule has 3 heterocycles. The lowest BCUT2D eigenvalue weighted by atomic mass is 9.87. The van der Waals surface area contributed by atoms with E-state index in [-0.39, 0.29) is 11.9 Å². The molecule has 36 heavy (non-hydrogen) atoms. The monoisotopic (exact) mass is 481 g/mol. The smallest absolute Gasteiger partial charge is 0.243 e. The third-order valence-electron chi connectivity index (χ3n) is 7.41. The number of nitrogens with zero attached hydrogens (tertiary/aromatic N) is 2. The number of rotatable bonds is 8. The van der Waals surface area contributed by atoms with E-state index in [1.165, 1.54) is 36.0 Å². The van der Waals surface area contributed by atoms with E-state index in [0.29, 0.717) is 6.61 Å². The average molecular weight is 482 g/mol. The zero-order valence-electron chi connectivity index (χ0n) is 20.8. The SMILES string of the molecule is O=C(C=Cc1cccnc1)NCCCCC1CCN(C2c3ccccc3COc3ccccc32)CC1. The van der Waals surface area contributed by atoms with Gasteiger partial charge >= 0.3 is 0 Å². The second kappa shape index (κ2) is 12.0. The molecule has 0 spiro atoms. The molecule has 0 saturated carbocycles. The molecule has 2 aliphatic heterocycles. The quantitative estimate of drug-likeness (QED) is 0.328. The van der Waals surface area contributed by atoms with E-state index >= 15 is 0 Å². The molecule has 2 aliphatic rings. The van der Waals surface area contributed by atoms with Gasteiger partial charge < -0.3 is 10.1 Å². The second-order valence-corrected chi connectivity index (χ2v) is 9.81. The fourth-order valence-electron chi connectivity index (χ4n) is 5.46. The number of hydrogen-bond donors (Lipinski definition) is 1. The Hall–Kier alpha value is -3.44. The summed E-state index contributed by atoms with van der Waals surface area (Å²) in [7, 11) is 0. The van der Waals surface area contributed by atoms with Crippen molar-refractivity contribution in [2.75, 3.05) is 19.6 Å². The number of para-hydroxylation sites is 1. The first kappa shape index (κ1) is 24.3. The van der Waals surface area contributed by atoms with Crippen molar-refractivity contribution in [3.05, 3.63) is 101 Å². The zero-order chi connectivity index (χ0) is 24.6. The summed E-state index contributed by atoms with van der Waals surface area (Å²) in [6, 6.07) is 21.3. The summed E-state index contributed by atoms with van der Waals surface area (Å²) in [5, 5.41) is 3.00. The Morgan fingerprint density at radius 3 is 2.64 bits per heavy atom. The number of piperidine rings is 1. The van der Waals surface area contributed by atoms with Gasteiger partial charge in [0.15, 0.2) is 0 Å². The van der Waals surface area contributed by atoms with Crippen LogP contribution in [0, 0.1) is 5.92 Å². The van der Waals surface area contributed by atoms with Crippen molar-refractivity contribution in [3.63, 3.8) is 0 Å². The molecule has 5 heteroatoms. The van der Waals surface area contributed by atoms with E-state index in [1.807, 2.05) is 12.1 Å². The van der Waals surface area contributed by atoms with Crippen molar-refractivity contribution < 1.29 is 9.53 Å². The van der Waals surface area contributed by atoms with Crippen molar-refractivity contribution in [1.29, 1.82) is 0 Å². The number of unbranched alkanes of at least 4 members (excludes halogenated alkanes) is 1. The molecule has 1 saturated heterocycles. The van der Waals surface area contributed by atoms with Crippen LogP contribution in [0.2, 0.25) is 0 Å². The first-order valence-corrected chi connectivity index (χ1v) is 13.2. The van der Waals surface area contributed by atoms with E-state index in [1.54, 1.807) is 24.5 Å². The molecule has 0 bridgehead atoms. The lowest BCUT2D eigenvalue weighted by Gasteiger charge is -2.38. The molecular weight excluding hydrogens is 446 g/mol. The number of ether oxygens (including phenoxy) is 1. The minimum atomic E-state index is -0.0416. The van der Waals surface area contributed by atoms with Gasteiger partial charge in [-0.15, -0.1) is 0 Å². The predicted octanol–water partition coefficient (Wildman–Crippen LogP) is 5.78. The third kappa shape index (κ3) is 6.03. The van der Waals surface area contributed by atoms with Gasteiger partial charge in [-0.2, -0.15) is 0 Å². The number of fused-ring (bicyclic) bond motifs is 2. The highest BCUT2D eigenvalue weighted by Gasteiger charge is 2.31. The van der Waals surface area contributed by atoms with Gasteiger partial charge in [-0.1, -0.05) is 61.4 Å². The highest BCUT2D eigenvalue weighted by molar-refractivity contribution is 5.91. The van der Waals surface area contributed by atoms with Crippen LogP contribution in [0.4, 0.5) is 0 Å². The maximum atomic E-state index is 12.0. The first-order valence-electron chi connectivity index (χ1n) is 13.2. The highest BCUT2D eigenvalue weighted by atomic mass is 16.5. The number of hydrogen-bond acceptors (Lipinski definition) is 4. The van der Waals surface area contributed by atoms with E-state index in [0.717, 1.165) is 49.7 Å². The molecule has 1 aromatic heterocycles. The maximum absolute atomic E-state index is 12.0. The topological polar surface area (TPSA) is 54.5 Å². The van der Waals surface area contributed by atoms with Gasteiger partial charge in [-0.25, -0.2) is 0 Å². The largest absolute Gasteiger partial charge is 0.489 e. The maximum Gasteiger partial charge on any atom is 0.243 e. The number of carbonyl (C=O) groups is 1. The van der Waals surface area contributed by atoms with Crippen LogP contribution in [0.3, 0.4) is 0 Å². The minimum absolute atomic E-state index is 0.0416. The molecule has 186 valence electrons. The summed E-state index contributed by atoms with van der Waals surface area (Å²) in [5.41, 5.74) is 4.89. The molecule has 1 fully saturated rings. The molecule has 1 unspecified atom stereocenters. The molecule has 5 rings (SSSR count). The number of benzene rings is 2. The van der Waals surface area contributed by atoms with Crippen LogP contribution in [-0.4, -0.2) is 35.4 Å². The van der Waals surface area contributed by atoms with Gasteiger partial charge in [0, 0.05) is 30.6 Å². The predicted molar refractivity (Wildman–Crippen MR) is 143 cm³/mol. The zero-order valence-corrected chi connectivity index (χ0v) is 20.8. The van der Waals surface area contributed by atoms with Crippen molar-refractivity contribution in [1.82, 2.24) is 15.2 Å². The van der Waals surface area contributed by atoms with Crippen molar-refractivity contribution in [2.45, 2.75) is 44.8 Å². The molecule has 1 N–H and O–H groups in total. The fraction of sp³-hybridized carbons (Fsp3) is 0.355. The summed E-state index contributed by atoms with van der Waals surface area (Å²) >= 11 is 0. The summed E-state index contributed by atoms with van der Waals surface area (Å²) in [5.74, 6) is 1.73. The summed E-state index contributed by atoms with van der Waals surface area (Å²) in [6.45, 7) is 3.57. The Morgan fingerprint density at radius 1 is 1.00 bits per heavy atom. The molecule has 1 amide bonds. The molecule has 5 nitrogen and oxygen atoms in total. The number of aromatic nitrogens is 1. The summed E-state index contributed by atoms with van der Waals surface area (Å²) in [4.78, 5) is 18.7. The van der Waals surface area contributed by atoms with Crippen molar-refractivity contribution in [2.24, 2.45) is 5.92 Å². The summed E-state index contributed by atoms with van der Waals surface area (Å²) in [6.07, 6.45) is 12.7. The van der Waals surface area contributed by atoms with Crippen LogP contribution in [0.1, 0.15) is 60.4 Å². The molecule has 0 radical (unpaired) electrons. The van der Waals surface area contributed by atoms with Gasteiger partial charge in [0.25, 0.3) is 0 Å². The standard InChI is InChI=1S/C31H35N3O2/c35-30(15-14-25-9-7-18-32-22-25)33-19-6-5-8-24-16-20-34(21-17-24)31-27-11-2-1-10-26(27)23-36-29-13-4-3-12-28(29)31/h1-4,7,9-15,18,22,24,31H,5-6,8,16-17,19-21,23H2,(H,33,35). The molecule has 2 aromatic carbocycles. The number of pyridine rings is 1. The number of carbonyl (C=O) groups excluding carboxylic acids is 1. The van der Waals surface area contributed by atoms with Crippen LogP contribution >= 0.6 is 0 Å². The Labute approximate surface area is 214 Å². The van der Waals surface area contributed by atoms with Gasteiger partial charge in [0.05, 0.1) is 6.04 Å². The normalized spacial score (nSPS) is 18.2. The van der Waals surface area contributed by atoms with Crippen LogP contribution < -0.4 is 10.1 Å². The van der Waals surface area contributed by atoms with Crippen LogP contribution in [0.25, 0.3) is 6.08 Å². The van der Waals surface area contributed by atoms with E-state index in [9.17, 15) is 4.79 Å². The van der Waals surface area contributed by atoms with Crippen molar-refractivity contribution >= 4 is 12.0 Å². The second-order valence-electron chi connectivity index (χ2n) is 9.81. The summed E-state index contributed by atoms with van der Waals surface area (Å²) < 4.78 is 6.18. The molecule has 0 aliphatic carbocycles. The average Bonchev–Trinajstić information content (AvgIpc) is 3.10. The van der Waals surface area contributed by atoms with Crippen LogP contribution in [0.5, 0.6) is 5.75 Å². The van der Waals surface area contributed by atoms with E-state index in [4.69, 9.17) is 4.74 Å². The molecular formula is C31H35N3O2. The van der Waals surface area contributed by atoms with Gasteiger partial charge in [0.1, 0.15) is 12.4 Å². The van der Waals surface area contributed by atoms with Crippen LogP contribution in [-0.2, 0) is 11.4 Å². The third-order valence-corrected chi connectivity index (χ3v) is 7.41. The van der Waals surface area contributed by atoms with E-state index < -0.39 is 0 Å². The first-order chi connectivity index (χ1) is 17.8. The lowest BCUT2D eigenvalue weighted by molar-refractivity contribution is -0.116. The molecule has 3 aromatic rings. The minimum Gasteiger partial charge on any atom is -0.489 e. The Kier molecular flexibility index (Phi) is 8.09. The fourth-order valence-corrected chi connectivity index (χ4v) is 5.46. The number of likely N-dealkylation sites (tertiary alicyclic amines) is 1. The molecule has 1 atom stereocenters. The number of nitrogens with one attached hydrogen (secondary N) is 1.